The second kappa shape index (κ2) is 10.5. The highest BCUT2D eigenvalue weighted by atomic mass is 19.1. The molecule has 0 saturated carbocycles. The highest BCUT2D eigenvalue weighted by Gasteiger charge is 2.48. The van der Waals surface area contributed by atoms with Crippen molar-refractivity contribution < 1.29 is 28.2 Å². The van der Waals surface area contributed by atoms with Gasteiger partial charge in [-0.2, -0.15) is 5.10 Å². The molecule has 40 heavy (non-hydrogen) atoms. The van der Waals surface area contributed by atoms with E-state index in [0.29, 0.717) is 38.1 Å². The van der Waals surface area contributed by atoms with Crippen LogP contribution < -0.4 is 10.1 Å². The van der Waals surface area contributed by atoms with Crippen LogP contribution in [0.15, 0.2) is 36.9 Å². The van der Waals surface area contributed by atoms with E-state index in [1.807, 2.05) is 18.7 Å². The van der Waals surface area contributed by atoms with E-state index < -0.39 is 28.8 Å². The van der Waals surface area contributed by atoms with E-state index in [0.717, 1.165) is 12.1 Å². The number of hydrogen-bond acceptors (Lipinski definition) is 9. The van der Waals surface area contributed by atoms with Crippen LogP contribution >= 0.6 is 0 Å². The summed E-state index contributed by atoms with van der Waals surface area (Å²) in [7, 11) is 0. The average molecular weight is 557 g/mol. The number of anilines is 1. The summed E-state index contributed by atoms with van der Waals surface area (Å²) in [6.07, 6.45) is 4.26. The molecular formula is C26H30F2N8O4. The fourth-order valence-electron chi connectivity index (χ4n) is 5.09. The van der Waals surface area contributed by atoms with Crippen LogP contribution in [-0.2, 0) is 22.6 Å². The van der Waals surface area contributed by atoms with Crippen LogP contribution in [0.3, 0.4) is 0 Å². The molecule has 1 saturated heterocycles. The van der Waals surface area contributed by atoms with Crippen molar-refractivity contribution in [2.45, 2.75) is 57.3 Å². The lowest BCUT2D eigenvalue weighted by Crippen LogP contribution is -2.67. The molecule has 2 N–H and O–H groups in total. The van der Waals surface area contributed by atoms with E-state index in [1.165, 1.54) is 18.7 Å². The largest absolute Gasteiger partial charge is 0.434 e. The number of piperazine rings is 1. The monoisotopic (exact) mass is 556 g/mol. The van der Waals surface area contributed by atoms with Gasteiger partial charge in [-0.25, -0.2) is 28.4 Å². The van der Waals surface area contributed by atoms with Gasteiger partial charge in [0.15, 0.2) is 23.0 Å². The second-order valence-corrected chi connectivity index (χ2v) is 10.7. The fourth-order valence-corrected chi connectivity index (χ4v) is 5.09. The molecule has 2 aromatic heterocycles. The van der Waals surface area contributed by atoms with Crippen LogP contribution in [-0.4, -0.2) is 88.3 Å². The minimum absolute atomic E-state index is 0.0287. The molecule has 14 heteroatoms. The number of benzene rings is 1. The molecule has 0 spiro atoms. The predicted octanol–water partition coefficient (Wildman–Crippen LogP) is 1.77. The Hall–Kier alpha value is -4.04. The standard InChI is InChI=1S/C26H30F2N8O4/c1-16(23(37)33-20-12-30-22(13-29-20)40-19-5-4-17(27)10-18(19)28)34-8-9-35(25(2,3)14-34)24(38)26(39)6-7-36-21(11-26)31-15-32-36/h4-5,10,12-13,15-16,39H,6-9,11,14H2,1-3H3,(H,29,33,37)/t16-,26+/m1/s1. The number of nitrogens with one attached hydrogen (secondary N) is 1. The van der Waals surface area contributed by atoms with E-state index in [-0.39, 0.29) is 42.1 Å². The van der Waals surface area contributed by atoms with Gasteiger partial charge in [0.1, 0.15) is 18.0 Å². The van der Waals surface area contributed by atoms with Crippen molar-refractivity contribution in [3.05, 3.63) is 54.4 Å². The summed E-state index contributed by atoms with van der Waals surface area (Å²) in [5.74, 6) is -1.77. The van der Waals surface area contributed by atoms with Crippen molar-refractivity contribution in [1.29, 1.82) is 0 Å². The molecule has 1 aromatic carbocycles. The Morgan fingerprint density at radius 2 is 1.93 bits per heavy atom. The summed E-state index contributed by atoms with van der Waals surface area (Å²) in [6, 6.07) is 2.34. The first kappa shape index (κ1) is 27.5. The third-order valence-corrected chi connectivity index (χ3v) is 7.37. The van der Waals surface area contributed by atoms with Gasteiger partial charge in [-0.15, -0.1) is 0 Å². The molecule has 0 radical (unpaired) electrons. The van der Waals surface area contributed by atoms with Crippen molar-refractivity contribution >= 4 is 17.6 Å². The Balaban J connectivity index is 1.18. The number of amides is 2. The zero-order valence-corrected chi connectivity index (χ0v) is 22.3. The van der Waals surface area contributed by atoms with E-state index >= 15 is 0 Å². The molecule has 5 rings (SSSR count). The number of rotatable bonds is 6. The summed E-state index contributed by atoms with van der Waals surface area (Å²) in [6.45, 7) is 7.15. The molecule has 0 unspecified atom stereocenters. The maximum absolute atomic E-state index is 13.8. The number of carbonyl (C=O) groups is 2. The number of aryl methyl sites for hydroxylation is 1. The van der Waals surface area contributed by atoms with Crippen molar-refractivity contribution in [2.24, 2.45) is 0 Å². The number of ether oxygens (including phenoxy) is 1. The SMILES string of the molecule is C[C@H](C(=O)Nc1cnc(Oc2ccc(F)cc2F)cn1)N1CCN(C(=O)[C@]2(O)CCn3ncnc3C2)C(C)(C)C1. The Morgan fingerprint density at radius 3 is 2.62 bits per heavy atom. The molecule has 212 valence electrons. The highest BCUT2D eigenvalue weighted by molar-refractivity contribution is 5.93. The van der Waals surface area contributed by atoms with Crippen molar-refractivity contribution in [3.8, 4) is 11.6 Å². The van der Waals surface area contributed by atoms with Gasteiger partial charge >= 0.3 is 0 Å². The van der Waals surface area contributed by atoms with Crippen molar-refractivity contribution in [2.75, 3.05) is 25.0 Å². The summed E-state index contributed by atoms with van der Waals surface area (Å²) in [4.78, 5) is 42.4. The first-order chi connectivity index (χ1) is 18.9. The molecule has 2 amide bonds. The summed E-state index contributed by atoms with van der Waals surface area (Å²) in [5, 5.41) is 18.1. The molecule has 4 heterocycles. The van der Waals surface area contributed by atoms with Crippen LogP contribution in [0.2, 0.25) is 0 Å². The molecule has 0 aliphatic carbocycles. The van der Waals surface area contributed by atoms with Crippen molar-refractivity contribution in [1.82, 2.24) is 34.5 Å². The predicted molar refractivity (Wildman–Crippen MR) is 137 cm³/mol. The average Bonchev–Trinajstić information content (AvgIpc) is 3.37. The van der Waals surface area contributed by atoms with Crippen LogP contribution in [0.5, 0.6) is 11.6 Å². The second-order valence-electron chi connectivity index (χ2n) is 10.7. The number of fused-ring (bicyclic) bond motifs is 1. The molecule has 2 aliphatic rings. The smallest absolute Gasteiger partial charge is 0.255 e. The first-order valence-corrected chi connectivity index (χ1v) is 12.9. The number of hydrogen-bond donors (Lipinski definition) is 2. The maximum atomic E-state index is 13.8. The van der Waals surface area contributed by atoms with Gasteiger partial charge in [-0.1, -0.05) is 0 Å². The third kappa shape index (κ3) is 5.49. The molecule has 3 aromatic rings. The van der Waals surface area contributed by atoms with E-state index in [2.05, 4.69) is 25.4 Å². The van der Waals surface area contributed by atoms with E-state index in [1.54, 1.807) is 16.5 Å². The van der Waals surface area contributed by atoms with Gasteiger partial charge in [0.2, 0.25) is 11.8 Å². The van der Waals surface area contributed by atoms with Gasteiger partial charge in [0.25, 0.3) is 5.91 Å². The number of aliphatic hydroxyl groups is 1. The van der Waals surface area contributed by atoms with Gasteiger partial charge in [0, 0.05) is 45.1 Å². The molecule has 0 bridgehead atoms. The van der Waals surface area contributed by atoms with Crippen LogP contribution in [0.4, 0.5) is 14.6 Å². The maximum Gasteiger partial charge on any atom is 0.255 e. The van der Waals surface area contributed by atoms with Gasteiger partial charge in [-0.05, 0) is 32.9 Å². The lowest BCUT2D eigenvalue weighted by molar-refractivity contribution is -0.164. The molecule has 1 fully saturated rings. The molecule has 12 nitrogen and oxygen atoms in total. The van der Waals surface area contributed by atoms with Crippen LogP contribution in [0.1, 0.15) is 33.0 Å². The first-order valence-electron chi connectivity index (χ1n) is 12.9. The number of halogens is 2. The van der Waals surface area contributed by atoms with Gasteiger partial charge < -0.3 is 20.1 Å². The normalized spacial score (nSPS) is 21.4. The molecule has 2 aliphatic heterocycles. The van der Waals surface area contributed by atoms with E-state index in [4.69, 9.17) is 4.74 Å². The van der Waals surface area contributed by atoms with E-state index in [9.17, 15) is 23.5 Å². The summed E-state index contributed by atoms with van der Waals surface area (Å²) >= 11 is 0. The topological polar surface area (TPSA) is 139 Å². The lowest BCUT2D eigenvalue weighted by atomic mass is 9.87. The molecule has 2 atom stereocenters. The Kier molecular flexibility index (Phi) is 7.23. The minimum Gasteiger partial charge on any atom is -0.434 e. The summed E-state index contributed by atoms with van der Waals surface area (Å²) < 4.78 is 33.9. The zero-order chi connectivity index (χ0) is 28.7. The Labute approximate surface area is 229 Å². The summed E-state index contributed by atoms with van der Waals surface area (Å²) in [5.41, 5.74) is -2.21. The third-order valence-electron chi connectivity index (χ3n) is 7.37. The minimum atomic E-state index is -1.55. The van der Waals surface area contributed by atoms with Crippen LogP contribution in [0.25, 0.3) is 0 Å². The van der Waals surface area contributed by atoms with Gasteiger partial charge in [0.05, 0.1) is 24.0 Å². The Bertz CT molecular complexity index is 1420. The highest BCUT2D eigenvalue weighted by Crippen LogP contribution is 2.31. The quantitative estimate of drug-likeness (QED) is 0.465. The lowest BCUT2D eigenvalue weighted by Gasteiger charge is -2.50. The molecular weight excluding hydrogens is 526 g/mol. The Morgan fingerprint density at radius 1 is 1.12 bits per heavy atom. The number of aromatic nitrogens is 5. The number of nitrogens with zero attached hydrogens (tertiary/aromatic N) is 7. The zero-order valence-electron chi connectivity index (χ0n) is 22.3. The van der Waals surface area contributed by atoms with Crippen LogP contribution in [0, 0.1) is 11.6 Å². The van der Waals surface area contributed by atoms with Gasteiger partial charge in [-0.3, -0.25) is 14.5 Å². The fraction of sp³-hybridized carbons (Fsp3) is 0.462. The van der Waals surface area contributed by atoms with Crippen molar-refractivity contribution in [3.63, 3.8) is 0 Å². The number of carbonyl (C=O) groups excluding carboxylic acids is 2.